The molecule has 0 aromatic heterocycles. The third-order valence-electron chi connectivity index (χ3n) is 2.25. The van der Waals surface area contributed by atoms with Gasteiger partial charge in [-0.2, -0.15) is 8.78 Å². The Morgan fingerprint density at radius 1 is 1.25 bits per heavy atom. The van der Waals surface area contributed by atoms with Gasteiger partial charge in [-0.05, 0) is 32.1 Å². The minimum absolute atomic E-state index is 0. The van der Waals surface area contributed by atoms with Crippen molar-refractivity contribution in [3.05, 3.63) is 24.3 Å². The van der Waals surface area contributed by atoms with Gasteiger partial charge in [0.25, 0.3) is 0 Å². The summed E-state index contributed by atoms with van der Waals surface area (Å²) in [5.41, 5.74) is 0. The van der Waals surface area contributed by atoms with Gasteiger partial charge in [-0.3, -0.25) is 0 Å². The van der Waals surface area contributed by atoms with Crippen LogP contribution in [0.5, 0.6) is 5.75 Å². The fourth-order valence-corrected chi connectivity index (χ4v) is 2.62. The average Bonchev–Trinajstić information content (AvgIpc) is 2.34. The highest BCUT2D eigenvalue weighted by Gasteiger charge is 2.20. The van der Waals surface area contributed by atoms with E-state index in [1.807, 2.05) is 0 Å². The predicted molar refractivity (Wildman–Crippen MR) is 74.1 cm³/mol. The second kappa shape index (κ2) is 9.06. The lowest BCUT2D eigenvalue weighted by atomic mass is 10.3. The van der Waals surface area contributed by atoms with Gasteiger partial charge in [-0.15, -0.1) is 12.4 Å². The number of halogens is 3. The summed E-state index contributed by atoms with van der Waals surface area (Å²) in [4.78, 5) is -0.292. The Labute approximate surface area is 123 Å². The highest BCUT2D eigenvalue weighted by molar-refractivity contribution is 7.89. The van der Waals surface area contributed by atoms with E-state index in [9.17, 15) is 17.2 Å². The van der Waals surface area contributed by atoms with Gasteiger partial charge in [-0.1, -0.05) is 12.1 Å². The molecule has 0 saturated carbocycles. The highest BCUT2D eigenvalue weighted by Crippen LogP contribution is 2.24. The average molecular weight is 331 g/mol. The molecule has 0 radical (unpaired) electrons. The third-order valence-corrected chi connectivity index (χ3v) is 3.75. The van der Waals surface area contributed by atoms with Crippen LogP contribution in [-0.2, 0) is 10.0 Å². The van der Waals surface area contributed by atoms with Crippen molar-refractivity contribution in [2.45, 2.75) is 17.9 Å². The standard InChI is InChI=1S/C11H16F2N2O3S.ClH/c1-14-7-4-8-15-19(16,17)10-6-3-2-5-9(10)18-11(12)13;/h2-3,5-6,11,14-15H,4,7-8H2,1H3;1H. The molecule has 0 fully saturated rings. The van der Waals surface area contributed by atoms with E-state index in [2.05, 4.69) is 14.8 Å². The molecule has 0 bridgehead atoms. The molecule has 0 atom stereocenters. The highest BCUT2D eigenvalue weighted by atomic mass is 35.5. The number of sulfonamides is 1. The van der Waals surface area contributed by atoms with Gasteiger partial charge in [0.05, 0.1) is 0 Å². The number of nitrogens with one attached hydrogen (secondary N) is 2. The monoisotopic (exact) mass is 330 g/mol. The van der Waals surface area contributed by atoms with Crippen molar-refractivity contribution in [2.24, 2.45) is 0 Å². The van der Waals surface area contributed by atoms with Crippen LogP contribution in [0.4, 0.5) is 8.78 Å². The van der Waals surface area contributed by atoms with Crippen molar-refractivity contribution in [1.82, 2.24) is 10.0 Å². The Kier molecular flexibility index (Phi) is 8.63. The van der Waals surface area contributed by atoms with Crippen LogP contribution >= 0.6 is 12.4 Å². The summed E-state index contributed by atoms with van der Waals surface area (Å²) in [7, 11) is -2.10. The fraction of sp³-hybridized carbons (Fsp3) is 0.455. The zero-order valence-corrected chi connectivity index (χ0v) is 12.4. The molecule has 0 unspecified atom stereocenters. The van der Waals surface area contributed by atoms with Crippen molar-refractivity contribution in [1.29, 1.82) is 0 Å². The molecule has 116 valence electrons. The topological polar surface area (TPSA) is 67.4 Å². The molecule has 1 aromatic rings. The minimum atomic E-state index is -3.85. The van der Waals surface area contributed by atoms with E-state index in [1.54, 1.807) is 7.05 Å². The first-order valence-corrected chi connectivity index (χ1v) is 7.14. The van der Waals surface area contributed by atoms with Gasteiger partial charge >= 0.3 is 6.61 Å². The van der Waals surface area contributed by atoms with Gasteiger partial charge in [0.1, 0.15) is 10.6 Å². The maximum atomic E-state index is 12.2. The number of hydrogen-bond acceptors (Lipinski definition) is 4. The molecule has 20 heavy (non-hydrogen) atoms. The Morgan fingerprint density at radius 2 is 1.90 bits per heavy atom. The molecule has 9 heteroatoms. The van der Waals surface area contributed by atoms with Gasteiger partial charge in [0, 0.05) is 6.54 Å². The van der Waals surface area contributed by atoms with E-state index in [1.165, 1.54) is 24.3 Å². The van der Waals surface area contributed by atoms with Gasteiger partial charge < -0.3 is 10.1 Å². The molecule has 0 aliphatic carbocycles. The van der Waals surface area contributed by atoms with E-state index in [0.29, 0.717) is 13.0 Å². The van der Waals surface area contributed by atoms with Crippen LogP contribution in [0.1, 0.15) is 6.42 Å². The fourth-order valence-electron chi connectivity index (χ4n) is 1.41. The lowest BCUT2D eigenvalue weighted by Crippen LogP contribution is -2.27. The molecule has 0 amide bonds. The molecule has 0 aliphatic rings. The van der Waals surface area contributed by atoms with Gasteiger partial charge in [-0.25, -0.2) is 13.1 Å². The van der Waals surface area contributed by atoms with Crippen molar-refractivity contribution < 1.29 is 21.9 Å². The molecule has 5 nitrogen and oxygen atoms in total. The van der Waals surface area contributed by atoms with E-state index >= 15 is 0 Å². The van der Waals surface area contributed by atoms with Crippen molar-refractivity contribution in [3.8, 4) is 5.75 Å². The van der Waals surface area contributed by atoms with Crippen LogP contribution in [0.2, 0.25) is 0 Å². The zero-order valence-electron chi connectivity index (χ0n) is 10.8. The summed E-state index contributed by atoms with van der Waals surface area (Å²) in [5.74, 6) is -0.362. The van der Waals surface area contributed by atoms with Crippen molar-refractivity contribution >= 4 is 22.4 Å². The molecule has 0 spiro atoms. The van der Waals surface area contributed by atoms with Gasteiger partial charge in [0.15, 0.2) is 0 Å². The summed E-state index contributed by atoms with van der Waals surface area (Å²) in [6.45, 7) is -2.20. The third kappa shape index (κ3) is 6.00. The lowest BCUT2D eigenvalue weighted by molar-refractivity contribution is -0.0517. The van der Waals surface area contributed by atoms with Crippen LogP contribution in [0.15, 0.2) is 29.2 Å². The number of para-hydroxylation sites is 1. The molecule has 2 N–H and O–H groups in total. The lowest BCUT2D eigenvalue weighted by Gasteiger charge is -2.11. The maximum Gasteiger partial charge on any atom is 0.387 e. The molecule has 0 aliphatic heterocycles. The second-order valence-corrected chi connectivity index (χ2v) is 5.42. The van der Waals surface area contributed by atoms with E-state index in [0.717, 1.165) is 0 Å². The molecular formula is C11H17ClF2N2O3S. The first kappa shape index (κ1) is 19.0. The molecular weight excluding hydrogens is 314 g/mol. The largest absolute Gasteiger partial charge is 0.433 e. The number of benzene rings is 1. The summed E-state index contributed by atoms with van der Waals surface area (Å²) in [6.07, 6.45) is 0.591. The van der Waals surface area contributed by atoms with Crippen LogP contribution < -0.4 is 14.8 Å². The summed E-state index contributed by atoms with van der Waals surface area (Å²) in [6, 6.07) is 5.28. The Hall–Kier alpha value is -0.960. The maximum absolute atomic E-state index is 12.2. The van der Waals surface area contributed by atoms with E-state index in [4.69, 9.17) is 0 Å². The Morgan fingerprint density at radius 3 is 2.50 bits per heavy atom. The van der Waals surface area contributed by atoms with Crippen LogP contribution in [-0.4, -0.2) is 35.2 Å². The quantitative estimate of drug-likeness (QED) is 0.710. The van der Waals surface area contributed by atoms with E-state index in [-0.39, 0.29) is 29.6 Å². The number of rotatable bonds is 8. The van der Waals surface area contributed by atoms with Crippen molar-refractivity contribution in [2.75, 3.05) is 20.1 Å². The Bertz CT molecular complexity index is 500. The van der Waals surface area contributed by atoms with Gasteiger partial charge in [0.2, 0.25) is 10.0 Å². The first-order valence-electron chi connectivity index (χ1n) is 5.65. The van der Waals surface area contributed by atoms with E-state index < -0.39 is 16.6 Å². The zero-order chi connectivity index (χ0) is 14.3. The summed E-state index contributed by atoms with van der Waals surface area (Å²) < 4.78 is 54.8. The number of ether oxygens (including phenoxy) is 1. The normalized spacial score (nSPS) is 11.2. The summed E-state index contributed by atoms with van der Waals surface area (Å²) >= 11 is 0. The smallest absolute Gasteiger partial charge is 0.387 e. The Balaban J connectivity index is 0.00000361. The van der Waals surface area contributed by atoms with Crippen LogP contribution in [0.3, 0.4) is 0 Å². The molecule has 1 rings (SSSR count). The van der Waals surface area contributed by atoms with Crippen LogP contribution in [0.25, 0.3) is 0 Å². The van der Waals surface area contributed by atoms with Crippen molar-refractivity contribution in [3.63, 3.8) is 0 Å². The minimum Gasteiger partial charge on any atom is -0.433 e. The second-order valence-electron chi connectivity index (χ2n) is 3.68. The first-order chi connectivity index (χ1) is 8.97. The molecule has 0 heterocycles. The summed E-state index contributed by atoms with van der Waals surface area (Å²) in [5, 5.41) is 2.87. The SMILES string of the molecule is CNCCCNS(=O)(=O)c1ccccc1OC(F)F.Cl. The number of alkyl halides is 2. The molecule has 0 saturated heterocycles. The molecule has 1 aromatic carbocycles. The van der Waals surface area contributed by atoms with Crippen LogP contribution in [0, 0.1) is 0 Å². The predicted octanol–water partition coefficient (Wildman–Crippen LogP) is 1.60. The number of hydrogen-bond donors (Lipinski definition) is 2.